The summed E-state index contributed by atoms with van der Waals surface area (Å²) in [6.07, 6.45) is 5.03. The minimum atomic E-state index is -0.282. The largest absolute Gasteiger partial charge is 0.347 e. The van der Waals surface area contributed by atoms with Crippen LogP contribution in [0.4, 0.5) is 0 Å². The van der Waals surface area contributed by atoms with E-state index in [0.29, 0.717) is 0 Å². The van der Waals surface area contributed by atoms with E-state index in [4.69, 9.17) is 0 Å². The van der Waals surface area contributed by atoms with E-state index in [1.807, 2.05) is 0 Å². The minimum Gasteiger partial charge on any atom is -0.347 e. The van der Waals surface area contributed by atoms with Gasteiger partial charge in [-0.1, -0.05) is 71.0 Å². The highest BCUT2D eigenvalue weighted by Crippen LogP contribution is 2.52. The highest BCUT2D eigenvalue weighted by molar-refractivity contribution is 6.08. The Kier molecular flexibility index (Phi) is 5.11. The topological polar surface area (TPSA) is 66.5 Å². The first-order valence-electron chi connectivity index (χ1n) is 11.0. The molecule has 5 heteroatoms. The zero-order valence-corrected chi connectivity index (χ0v) is 18.5. The van der Waals surface area contributed by atoms with E-state index >= 15 is 0 Å². The molecule has 2 bridgehead atoms. The molecule has 1 heterocycles. The van der Waals surface area contributed by atoms with E-state index in [9.17, 15) is 14.4 Å². The summed E-state index contributed by atoms with van der Waals surface area (Å²) in [6.45, 7) is 10.4. The molecular formula is C25H32N2O3. The van der Waals surface area contributed by atoms with Gasteiger partial charge in [-0.2, -0.15) is 0 Å². The molecule has 5 atom stereocenters. The van der Waals surface area contributed by atoms with Crippen molar-refractivity contribution in [2.45, 2.75) is 52.5 Å². The number of nitrogens with one attached hydrogen (secondary N) is 1. The summed E-state index contributed by atoms with van der Waals surface area (Å²) in [5.41, 5.74) is 2.34. The predicted molar refractivity (Wildman–Crippen MR) is 115 cm³/mol. The summed E-state index contributed by atoms with van der Waals surface area (Å²) >= 11 is 0. The van der Waals surface area contributed by atoms with Crippen molar-refractivity contribution < 1.29 is 14.4 Å². The first-order chi connectivity index (χ1) is 14.1. The number of fused-ring (bicyclic) bond motifs is 5. The van der Waals surface area contributed by atoms with Gasteiger partial charge in [0.1, 0.15) is 6.54 Å². The highest BCUT2D eigenvalue weighted by Gasteiger charge is 2.59. The van der Waals surface area contributed by atoms with Crippen LogP contribution in [-0.2, 0) is 19.8 Å². The van der Waals surface area contributed by atoms with Gasteiger partial charge < -0.3 is 5.32 Å². The number of imide groups is 1. The van der Waals surface area contributed by atoms with Crippen molar-refractivity contribution in [3.05, 3.63) is 47.5 Å². The van der Waals surface area contributed by atoms with Crippen molar-refractivity contribution in [2.24, 2.45) is 29.6 Å². The Hall–Kier alpha value is -2.43. The molecule has 0 aromatic heterocycles. The Bertz CT molecular complexity index is 864. The molecule has 1 N–H and O–H groups in total. The predicted octanol–water partition coefficient (Wildman–Crippen LogP) is 3.60. The second kappa shape index (κ2) is 7.36. The minimum absolute atomic E-state index is 0.0674. The fraction of sp³-hybridized carbons (Fsp3) is 0.560. The summed E-state index contributed by atoms with van der Waals surface area (Å²) in [5.74, 6) is -0.643. The van der Waals surface area contributed by atoms with E-state index in [2.05, 4.69) is 76.4 Å². The highest BCUT2D eigenvalue weighted by atomic mass is 16.2. The number of hydrogen-bond donors (Lipinski definition) is 1. The third kappa shape index (κ3) is 3.48. The molecule has 1 aliphatic heterocycles. The molecule has 3 amide bonds. The number of carbonyl (C=O) groups is 3. The number of rotatable bonds is 5. The van der Waals surface area contributed by atoms with Crippen molar-refractivity contribution in [3.63, 3.8) is 0 Å². The fourth-order valence-electron chi connectivity index (χ4n) is 5.31. The average molecular weight is 409 g/mol. The quantitative estimate of drug-likeness (QED) is 0.598. The second-order valence-electron chi connectivity index (χ2n) is 10.4. The summed E-state index contributed by atoms with van der Waals surface area (Å²) < 4.78 is 0. The molecule has 30 heavy (non-hydrogen) atoms. The lowest BCUT2D eigenvalue weighted by Gasteiger charge is -2.26. The van der Waals surface area contributed by atoms with Crippen LogP contribution >= 0.6 is 0 Å². The molecule has 0 spiro atoms. The van der Waals surface area contributed by atoms with Crippen LogP contribution in [0.5, 0.6) is 0 Å². The fourth-order valence-corrected chi connectivity index (χ4v) is 5.31. The maximum Gasteiger partial charge on any atom is 0.240 e. The van der Waals surface area contributed by atoms with Crippen LogP contribution in [0, 0.1) is 29.6 Å². The summed E-state index contributed by atoms with van der Waals surface area (Å²) in [7, 11) is 0. The normalized spacial score (nSPS) is 28.4. The van der Waals surface area contributed by atoms with Crippen LogP contribution in [0.15, 0.2) is 36.4 Å². The smallest absolute Gasteiger partial charge is 0.240 e. The van der Waals surface area contributed by atoms with Crippen LogP contribution < -0.4 is 5.32 Å². The second-order valence-corrected chi connectivity index (χ2v) is 10.4. The molecule has 160 valence electrons. The third-order valence-electron chi connectivity index (χ3n) is 6.98. The molecular weight excluding hydrogens is 376 g/mol. The molecule has 1 aromatic rings. The summed E-state index contributed by atoms with van der Waals surface area (Å²) in [4.78, 5) is 39.7. The van der Waals surface area contributed by atoms with E-state index in [1.165, 1.54) is 10.5 Å². The van der Waals surface area contributed by atoms with E-state index in [-0.39, 0.29) is 65.3 Å². The summed E-state index contributed by atoms with van der Waals surface area (Å²) in [5, 5.41) is 3.06. The Balaban J connectivity index is 1.44. The Labute approximate surface area is 178 Å². The molecule has 1 aromatic carbocycles. The van der Waals surface area contributed by atoms with Gasteiger partial charge in [0.2, 0.25) is 17.7 Å². The van der Waals surface area contributed by atoms with E-state index in [1.54, 1.807) is 0 Å². The van der Waals surface area contributed by atoms with Gasteiger partial charge in [0.05, 0.1) is 17.9 Å². The van der Waals surface area contributed by atoms with Gasteiger partial charge in [0.15, 0.2) is 0 Å². The zero-order valence-electron chi connectivity index (χ0n) is 18.5. The van der Waals surface area contributed by atoms with Crippen LogP contribution in [0.1, 0.15) is 58.2 Å². The monoisotopic (exact) mass is 408 g/mol. The zero-order chi connectivity index (χ0) is 21.8. The van der Waals surface area contributed by atoms with Crippen molar-refractivity contribution in [1.82, 2.24) is 10.2 Å². The lowest BCUT2D eigenvalue weighted by atomic mass is 9.85. The van der Waals surface area contributed by atoms with Crippen molar-refractivity contribution in [1.29, 1.82) is 0 Å². The Morgan fingerprint density at radius 3 is 2.03 bits per heavy atom. The number of amides is 3. The molecule has 2 aliphatic carbocycles. The lowest BCUT2D eigenvalue weighted by molar-refractivity contribution is -0.144. The SMILES string of the molecule is CC(C)C(NC(=O)CN1C(=O)C2C3C=CC(C3)C2C1=O)c1ccc(C(C)(C)C)cc1. The van der Waals surface area contributed by atoms with Crippen molar-refractivity contribution in [3.8, 4) is 0 Å². The first kappa shape index (κ1) is 20.8. The van der Waals surface area contributed by atoms with Gasteiger partial charge >= 0.3 is 0 Å². The summed E-state index contributed by atoms with van der Waals surface area (Å²) in [6, 6.07) is 8.16. The van der Waals surface area contributed by atoms with E-state index < -0.39 is 0 Å². The van der Waals surface area contributed by atoms with Crippen LogP contribution in [0.2, 0.25) is 0 Å². The Morgan fingerprint density at radius 2 is 1.57 bits per heavy atom. The maximum atomic E-state index is 12.8. The molecule has 1 saturated carbocycles. The van der Waals surface area contributed by atoms with E-state index in [0.717, 1.165) is 12.0 Å². The molecule has 3 aliphatic rings. The van der Waals surface area contributed by atoms with Crippen LogP contribution in [-0.4, -0.2) is 29.2 Å². The molecule has 5 nitrogen and oxygen atoms in total. The van der Waals surface area contributed by atoms with Gasteiger partial charge in [-0.05, 0) is 40.7 Å². The van der Waals surface area contributed by atoms with Gasteiger partial charge in [0, 0.05) is 0 Å². The number of nitrogens with zero attached hydrogens (tertiary/aromatic N) is 1. The van der Waals surface area contributed by atoms with Gasteiger partial charge in [-0.15, -0.1) is 0 Å². The average Bonchev–Trinajstić information content (AvgIpc) is 3.35. The Morgan fingerprint density at radius 1 is 1.03 bits per heavy atom. The molecule has 1 saturated heterocycles. The van der Waals surface area contributed by atoms with Gasteiger partial charge in [-0.25, -0.2) is 0 Å². The number of allylic oxidation sites excluding steroid dienone is 2. The maximum absolute atomic E-state index is 12.8. The van der Waals surface area contributed by atoms with Gasteiger partial charge in [-0.3, -0.25) is 19.3 Å². The molecule has 5 unspecified atom stereocenters. The number of carbonyl (C=O) groups excluding carboxylic acids is 3. The number of likely N-dealkylation sites (tertiary alicyclic amines) is 1. The standard InChI is InChI=1S/C25H32N2O3/c1-14(2)22(15-8-10-18(11-9-15)25(3,4)5)26-19(28)13-27-23(29)20-16-6-7-17(12-16)21(20)24(27)30/h6-11,14,16-17,20-22H,12-13H2,1-5H3,(H,26,28). The van der Waals surface area contributed by atoms with Crippen molar-refractivity contribution in [2.75, 3.05) is 6.54 Å². The van der Waals surface area contributed by atoms with Gasteiger partial charge in [0.25, 0.3) is 0 Å². The molecule has 0 radical (unpaired) electrons. The number of benzene rings is 1. The van der Waals surface area contributed by atoms with Crippen LogP contribution in [0.3, 0.4) is 0 Å². The first-order valence-corrected chi connectivity index (χ1v) is 11.0. The molecule has 2 fully saturated rings. The van der Waals surface area contributed by atoms with Crippen LogP contribution in [0.25, 0.3) is 0 Å². The third-order valence-corrected chi connectivity index (χ3v) is 6.98. The number of hydrogen-bond acceptors (Lipinski definition) is 3. The lowest BCUT2D eigenvalue weighted by Crippen LogP contribution is -2.43. The van der Waals surface area contributed by atoms with Crippen molar-refractivity contribution >= 4 is 17.7 Å². The molecule has 4 rings (SSSR count).